The zero-order valence-electron chi connectivity index (χ0n) is 10.9. The van der Waals surface area contributed by atoms with Gasteiger partial charge in [-0.15, -0.1) is 0 Å². The van der Waals surface area contributed by atoms with Crippen LogP contribution in [-0.4, -0.2) is 30.3 Å². The van der Waals surface area contributed by atoms with Crippen molar-refractivity contribution in [1.29, 1.82) is 0 Å². The number of hydrogen-bond donors (Lipinski definition) is 1. The van der Waals surface area contributed by atoms with Crippen molar-refractivity contribution in [1.82, 2.24) is 4.90 Å². The van der Waals surface area contributed by atoms with Gasteiger partial charge in [-0.05, 0) is 48.7 Å². The molecule has 1 aliphatic carbocycles. The van der Waals surface area contributed by atoms with Crippen LogP contribution >= 0.6 is 12.6 Å². The van der Waals surface area contributed by atoms with Crippen LogP contribution in [0.5, 0.6) is 0 Å². The van der Waals surface area contributed by atoms with Crippen LogP contribution in [-0.2, 0) is 0 Å². The molecule has 2 aliphatic rings. The summed E-state index contributed by atoms with van der Waals surface area (Å²) >= 11 is 4.59. The standard InChI is InChI=1S/C14H27NS/c1-3-14(4-2,11-16)10-15-8-12-6-5-7-13(12)9-15/h12-13,16H,3-11H2,1-2H3. The van der Waals surface area contributed by atoms with Crippen molar-refractivity contribution >= 4 is 12.6 Å². The predicted octanol–water partition coefficient (Wildman–Crippen LogP) is 3.45. The van der Waals surface area contributed by atoms with E-state index in [9.17, 15) is 0 Å². The van der Waals surface area contributed by atoms with Crippen molar-refractivity contribution < 1.29 is 0 Å². The van der Waals surface area contributed by atoms with E-state index in [-0.39, 0.29) is 0 Å². The quantitative estimate of drug-likeness (QED) is 0.722. The van der Waals surface area contributed by atoms with Gasteiger partial charge in [0.15, 0.2) is 0 Å². The van der Waals surface area contributed by atoms with Gasteiger partial charge in [-0.2, -0.15) is 12.6 Å². The molecule has 2 heteroatoms. The van der Waals surface area contributed by atoms with Gasteiger partial charge < -0.3 is 4.90 Å². The van der Waals surface area contributed by atoms with Crippen LogP contribution in [0.4, 0.5) is 0 Å². The minimum atomic E-state index is 0.474. The van der Waals surface area contributed by atoms with E-state index in [2.05, 4.69) is 31.4 Å². The van der Waals surface area contributed by atoms with Crippen molar-refractivity contribution in [2.45, 2.75) is 46.0 Å². The third-order valence-electron chi connectivity index (χ3n) is 5.20. The average Bonchev–Trinajstić information content (AvgIpc) is 2.86. The first kappa shape index (κ1) is 12.8. The summed E-state index contributed by atoms with van der Waals surface area (Å²) in [6.07, 6.45) is 7.03. The van der Waals surface area contributed by atoms with Gasteiger partial charge >= 0.3 is 0 Å². The summed E-state index contributed by atoms with van der Waals surface area (Å²) in [5.41, 5.74) is 0.474. The second kappa shape index (κ2) is 5.30. The van der Waals surface area contributed by atoms with Gasteiger partial charge in [-0.3, -0.25) is 0 Å². The molecule has 2 atom stereocenters. The molecule has 1 aliphatic heterocycles. The van der Waals surface area contributed by atoms with Gasteiger partial charge in [-0.25, -0.2) is 0 Å². The van der Waals surface area contributed by atoms with Crippen molar-refractivity contribution in [2.75, 3.05) is 25.4 Å². The van der Waals surface area contributed by atoms with Gasteiger partial charge in [0.1, 0.15) is 0 Å². The van der Waals surface area contributed by atoms with Gasteiger partial charge in [0.25, 0.3) is 0 Å². The third-order valence-corrected chi connectivity index (χ3v) is 5.87. The Morgan fingerprint density at radius 1 is 1.12 bits per heavy atom. The molecular weight excluding hydrogens is 214 g/mol. The molecule has 2 rings (SSSR count). The highest BCUT2D eigenvalue weighted by atomic mass is 32.1. The fraction of sp³-hybridized carbons (Fsp3) is 1.00. The lowest BCUT2D eigenvalue weighted by molar-refractivity contribution is 0.174. The second-order valence-electron chi connectivity index (χ2n) is 6.01. The Morgan fingerprint density at radius 2 is 1.69 bits per heavy atom. The highest BCUT2D eigenvalue weighted by molar-refractivity contribution is 7.80. The van der Waals surface area contributed by atoms with E-state index < -0.39 is 0 Å². The summed E-state index contributed by atoms with van der Waals surface area (Å²) in [5, 5.41) is 0. The Hall–Kier alpha value is 0.310. The van der Waals surface area contributed by atoms with Crippen LogP contribution in [0.3, 0.4) is 0 Å². The Balaban J connectivity index is 1.90. The molecular formula is C14H27NS. The Bertz CT molecular complexity index is 205. The first-order valence-corrected chi connectivity index (χ1v) is 7.69. The smallest absolute Gasteiger partial charge is 0.00458 e. The maximum Gasteiger partial charge on any atom is 0.00458 e. The molecule has 0 bridgehead atoms. The number of fused-ring (bicyclic) bond motifs is 1. The minimum absolute atomic E-state index is 0.474. The summed E-state index contributed by atoms with van der Waals surface area (Å²) in [6.45, 7) is 8.70. The lowest BCUT2D eigenvalue weighted by Crippen LogP contribution is -2.37. The summed E-state index contributed by atoms with van der Waals surface area (Å²) in [7, 11) is 0. The summed E-state index contributed by atoms with van der Waals surface area (Å²) < 4.78 is 0. The fourth-order valence-corrected chi connectivity index (χ4v) is 4.23. The van der Waals surface area contributed by atoms with Crippen molar-refractivity contribution in [3.05, 3.63) is 0 Å². The molecule has 2 unspecified atom stereocenters. The molecule has 1 nitrogen and oxygen atoms in total. The monoisotopic (exact) mass is 241 g/mol. The van der Waals surface area contributed by atoms with Gasteiger partial charge in [0.2, 0.25) is 0 Å². The summed E-state index contributed by atoms with van der Waals surface area (Å²) in [4.78, 5) is 2.73. The molecule has 0 spiro atoms. The SMILES string of the molecule is CCC(CC)(CS)CN1CC2CCCC2C1. The van der Waals surface area contributed by atoms with E-state index in [4.69, 9.17) is 0 Å². The number of thiol groups is 1. The zero-order chi connectivity index (χ0) is 11.6. The van der Waals surface area contributed by atoms with Crippen LogP contribution in [0.15, 0.2) is 0 Å². The summed E-state index contributed by atoms with van der Waals surface area (Å²) in [5.74, 6) is 3.11. The number of likely N-dealkylation sites (tertiary alicyclic amines) is 1. The molecule has 1 saturated carbocycles. The number of rotatable bonds is 5. The van der Waals surface area contributed by atoms with E-state index in [1.807, 2.05) is 0 Å². The van der Waals surface area contributed by atoms with E-state index in [1.165, 1.54) is 51.7 Å². The highest BCUT2D eigenvalue weighted by Gasteiger charge is 2.38. The minimum Gasteiger partial charge on any atom is -0.302 e. The van der Waals surface area contributed by atoms with Crippen molar-refractivity contribution in [3.63, 3.8) is 0 Å². The van der Waals surface area contributed by atoms with Gasteiger partial charge in [0, 0.05) is 19.6 Å². The first-order chi connectivity index (χ1) is 7.73. The van der Waals surface area contributed by atoms with Crippen molar-refractivity contribution in [2.24, 2.45) is 17.3 Å². The van der Waals surface area contributed by atoms with E-state index in [0.29, 0.717) is 5.41 Å². The molecule has 0 radical (unpaired) electrons. The molecule has 94 valence electrons. The molecule has 1 saturated heterocycles. The molecule has 0 aromatic rings. The van der Waals surface area contributed by atoms with Gasteiger partial charge in [-0.1, -0.05) is 20.3 Å². The lowest BCUT2D eigenvalue weighted by Gasteiger charge is -2.34. The number of hydrogen-bond acceptors (Lipinski definition) is 2. The van der Waals surface area contributed by atoms with E-state index >= 15 is 0 Å². The molecule has 0 aromatic carbocycles. The molecule has 1 heterocycles. The fourth-order valence-electron chi connectivity index (χ4n) is 3.68. The second-order valence-corrected chi connectivity index (χ2v) is 6.33. The van der Waals surface area contributed by atoms with Crippen LogP contribution in [0, 0.1) is 17.3 Å². The maximum atomic E-state index is 4.59. The normalized spacial score (nSPS) is 30.9. The first-order valence-electron chi connectivity index (χ1n) is 7.06. The molecule has 0 aromatic heterocycles. The molecule has 2 fully saturated rings. The van der Waals surface area contributed by atoms with Crippen LogP contribution in [0.2, 0.25) is 0 Å². The van der Waals surface area contributed by atoms with E-state index in [1.54, 1.807) is 0 Å². The Kier molecular flexibility index (Phi) is 4.23. The van der Waals surface area contributed by atoms with Crippen LogP contribution in [0.25, 0.3) is 0 Å². The van der Waals surface area contributed by atoms with Crippen LogP contribution < -0.4 is 0 Å². The highest BCUT2D eigenvalue weighted by Crippen LogP contribution is 2.39. The zero-order valence-corrected chi connectivity index (χ0v) is 11.8. The Morgan fingerprint density at radius 3 is 2.12 bits per heavy atom. The lowest BCUT2D eigenvalue weighted by atomic mass is 9.84. The summed E-state index contributed by atoms with van der Waals surface area (Å²) in [6, 6.07) is 0. The maximum absolute atomic E-state index is 4.59. The molecule has 0 amide bonds. The molecule has 16 heavy (non-hydrogen) atoms. The van der Waals surface area contributed by atoms with Crippen molar-refractivity contribution in [3.8, 4) is 0 Å². The predicted molar refractivity (Wildman–Crippen MR) is 74.1 cm³/mol. The Labute approximate surface area is 106 Å². The van der Waals surface area contributed by atoms with Gasteiger partial charge in [0.05, 0.1) is 0 Å². The largest absolute Gasteiger partial charge is 0.302 e. The molecule has 0 N–H and O–H groups in total. The number of nitrogens with zero attached hydrogens (tertiary/aromatic N) is 1. The topological polar surface area (TPSA) is 3.24 Å². The van der Waals surface area contributed by atoms with Crippen LogP contribution in [0.1, 0.15) is 46.0 Å². The third kappa shape index (κ3) is 2.43. The average molecular weight is 241 g/mol. The van der Waals surface area contributed by atoms with E-state index in [0.717, 1.165) is 17.6 Å².